The zero-order valence-electron chi connectivity index (χ0n) is 13.5. The molecule has 1 unspecified atom stereocenters. The van der Waals surface area contributed by atoms with E-state index in [0.717, 1.165) is 5.56 Å². The normalized spacial score (nSPS) is 12.0. The number of carbonyl (C=O) groups is 1. The van der Waals surface area contributed by atoms with Gasteiger partial charge in [-0.3, -0.25) is 4.79 Å². The van der Waals surface area contributed by atoms with Crippen molar-refractivity contribution in [2.24, 2.45) is 5.73 Å². The van der Waals surface area contributed by atoms with Crippen LogP contribution in [0, 0.1) is 20.8 Å². The Balaban J connectivity index is 1.94. The molecule has 116 valence electrons. The quantitative estimate of drug-likeness (QED) is 0.889. The lowest BCUT2D eigenvalue weighted by Gasteiger charge is -2.15. The van der Waals surface area contributed by atoms with Crippen LogP contribution in [0.4, 0.5) is 0 Å². The van der Waals surface area contributed by atoms with E-state index in [0.29, 0.717) is 13.0 Å². The molecule has 0 heterocycles. The van der Waals surface area contributed by atoms with Gasteiger partial charge in [0.05, 0.1) is 0 Å². The molecule has 3 nitrogen and oxygen atoms in total. The first kappa shape index (κ1) is 16.2. The average Bonchev–Trinajstić information content (AvgIpc) is 2.47. The Kier molecular flexibility index (Phi) is 5.34. The molecule has 2 aromatic rings. The number of nitrogens with one attached hydrogen (secondary N) is 1. The summed E-state index contributed by atoms with van der Waals surface area (Å²) in [6.45, 7) is 6.80. The van der Waals surface area contributed by atoms with Crippen molar-refractivity contribution in [2.75, 3.05) is 0 Å². The summed E-state index contributed by atoms with van der Waals surface area (Å²) >= 11 is 0. The van der Waals surface area contributed by atoms with Crippen molar-refractivity contribution in [1.29, 1.82) is 0 Å². The van der Waals surface area contributed by atoms with Crippen molar-refractivity contribution in [2.45, 2.75) is 39.8 Å². The molecule has 0 aromatic heterocycles. The van der Waals surface area contributed by atoms with Crippen LogP contribution < -0.4 is 11.1 Å². The number of rotatable bonds is 5. The second-order valence-corrected chi connectivity index (χ2v) is 5.88. The van der Waals surface area contributed by atoms with Crippen molar-refractivity contribution in [3.05, 3.63) is 70.3 Å². The minimum atomic E-state index is -0.263. The Labute approximate surface area is 132 Å². The number of carbonyl (C=O) groups excluding carboxylic acids is 1. The van der Waals surface area contributed by atoms with E-state index in [-0.39, 0.29) is 11.9 Å². The summed E-state index contributed by atoms with van der Waals surface area (Å²) in [4.78, 5) is 12.1. The highest BCUT2D eigenvalue weighted by atomic mass is 16.1. The maximum Gasteiger partial charge on any atom is 0.222 e. The molecular weight excluding hydrogens is 272 g/mol. The lowest BCUT2D eigenvalue weighted by atomic mass is 9.99. The molecule has 0 aliphatic carbocycles. The van der Waals surface area contributed by atoms with Crippen LogP contribution in [-0.2, 0) is 11.3 Å². The van der Waals surface area contributed by atoms with Gasteiger partial charge < -0.3 is 11.1 Å². The van der Waals surface area contributed by atoms with Gasteiger partial charge in [0.25, 0.3) is 0 Å². The molecule has 0 saturated carbocycles. The maximum absolute atomic E-state index is 12.1. The summed E-state index contributed by atoms with van der Waals surface area (Å²) in [7, 11) is 0. The summed E-state index contributed by atoms with van der Waals surface area (Å²) in [6, 6.07) is 13.7. The minimum Gasteiger partial charge on any atom is -0.352 e. The van der Waals surface area contributed by atoms with Crippen LogP contribution >= 0.6 is 0 Å². The molecule has 1 amide bonds. The van der Waals surface area contributed by atoms with Crippen molar-refractivity contribution < 1.29 is 4.79 Å². The highest BCUT2D eigenvalue weighted by Crippen LogP contribution is 2.17. The maximum atomic E-state index is 12.1. The smallest absolute Gasteiger partial charge is 0.222 e. The fourth-order valence-electron chi connectivity index (χ4n) is 2.77. The van der Waals surface area contributed by atoms with Gasteiger partial charge in [-0.05, 0) is 43.0 Å². The van der Waals surface area contributed by atoms with Crippen molar-refractivity contribution in [3.63, 3.8) is 0 Å². The molecule has 1 atom stereocenters. The summed E-state index contributed by atoms with van der Waals surface area (Å²) in [5.41, 5.74) is 11.9. The second-order valence-electron chi connectivity index (χ2n) is 5.88. The van der Waals surface area contributed by atoms with Gasteiger partial charge in [-0.1, -0.05) is 48.0 Å². The topological polar surface area (TPSA) is 55.1 Å². The summed E-state index contributed by atoms with van der Waals surface area (Å²) in [5, 5.41) is 2.98. The summed E-state index contributed by atoms with van der Waals surface area (Å²) < 4.78 is 0. The van der Waals surface area contributed by atoms with Crippen LogP contribution in [0.3, 0.4) is 0 Å². The monoisotopic (exact) mass is 296 g/mol. The zero-order chi connectivity index (χ0) is 16.1. The molecule has 3 N–H and O–H groups in total. The van der Waals surface area contributed by atoms with Crippen LogP contribution in [0.15, 0.2) is 42.5 Å². The van der Waals surface area contributed by atoms with E-state index in [1.807, 2.05) is 30.3 Å². The Hall–Kier alpha value is -2.13. The molecule has 22 heavy (non-hydrogen) atoms. The molecule has 0 aliphatic heterocycles. The lowest BCUT2D eigenvalue weighted by molar-refractivity contribution is -0.121. The Bertz CT molecular complexity index is 627. The van der Waals surface area contributed by atoms with Gasteiger partial charge in [0, 0.05) is 19.0 Å². The predicted molar refractivity (Wildman–Crippen MR) is 90.5 cm³/mol. The van der Waals surface area contributed by atoms with Gasteiger partial charge in [-0.15, -0.1) is 0 Å². The van der Waals surface area contributed by atoms with Crippen LogP contribution in [0.1, 0.15) is 40.3 Å². The average molecular weight is 296 g/mol. The highest BCUT2D eigenvalue weighted by molar-refractivity contribution is 5.76. The van der Waals surface area contributed by atoms with Crippen LogP contribution in [0.25, 0.3) is 0 Å². The lowest BCUT2D eigenvalue weighted by Crippen LogP contribution is -2.27. The number of benzene rings is 2. The van der Waals surface area contributed by atoms with Gasteiger partial charge in [-0.25, -0.2) is 0 Å². The number of nitrogens with two attached hydrogens (primary N) is 1. The third-order valence-electron chi connectivity index (χ3n) is 3.94. The first-order chi connectivity index (χ1) is 10.5. The Morgan fingerprint density at radius 1 is 1.09 bits per heavy atom. The fraction of sp³-hybridized carbons (Fsp3) is 0.316. The van der Waals surface area contributed by atoms with Crippen LogP contribution in [0.5, 0.6) is 0 Å². The number of hydrogen-bond donors (Lipinski definition) is 2. The Morgan fingerprint density at radius 3 is 2.27 bits per heavy atom. The predicted octanol–water partition coefficient (Wildman–Crippen LogP) is 3.32. The molecule has 0 aliphatic rings. The largest absolute Gasteiger partial charge is 0.352 e. The molecule has 0 spiro atoms. The van der Waals surface area contributed by atoms with E-state index >= 15 is 0 Å². The minimum absolute atomic E-state index is 0.0178. The number of aryl methyl sites for hydroxylation is 3. The van der Waals surface area contributed by atoms with Crippen LogP contribution in [-0.4, -0.2) is 5.91 Å². The molecule has 0 bridgehead atoms. The third-order valence-corrected chi connectivity index (χ3v) is 3.94. The van der Waals surface area contributed by atoms with E-state index in [2.05, 4.69) is 38.2 Å². The van der Waals surface area contributed by atoms with E-state index in [9.17, 15) is 4.79 Å². The van der Waals surface area contributed by atoms with Gasteiger partial charge in [0.2, 0.25) is 5.91 Å². The van der Waals surface area contributed by atoms with E-state index in [1.54, 1.807) is 0 Å². The summed E-state index contributed by atoms with van der Waals surface area (Å²) in [5.74, 6) is -0.0178. The number of amides is 1. The van der Waals surface area contributed by atoms with Gasteiger partial charge in [0.15, 0.2) is 0 Å². The second kappa shape index (κ2) is 7.23. The summed E-state index contributed by atoms with van der Waals surface area (Å²) in [6.07, 6.45) is 0.300. The van der Waals surface area contributed by atoms with E-state index < -0.39 is 0 Å². The fourth-order valence-corrected chi connectivity index (χ4v) is 2.77. The Morgan fingerprint density at radius 2 is 1.68 bits per heavy atom. The highest BCUT2D eigenvalue weighted by Gasteiger charge is 2.12. The first-order valence-corrected chi connectivity index (χ1v) is 7.61. The van der Waals surface area contributed by atoms with Crippen molar-refractivity contribution >= 4 is 5.91 Å². The first-order valence-electron chi connectivity index (χ1n) is 7.61. The molecular formula is C19H24N2O. The molecule has 3 heteroatoms. The molecule has 0 saturated heterocycles. The van der Waals surface area contributed by atoms with Crippen molar-refractivity contribution in [3.8, 4) is 0 Å². The molecule has 0 fully saturated rings. The SMILES string of the molecule is Cc1cc(C)c(CNC(=O)CC(N)c2ccccc2)c(C)c1. The molecule has 2 aromatic carbocycles. The van der Waals surface area contributed by atoms with Gasteiger partial charge in [-0.2, -0.15) is 0 Å². The van der Waals surface area contributed by atoms with Gasteiger partial charge in [0.1, 0.15) is 0 Å². The zero-order valence-corrected chi connectivity index (χ0v) is 13.5. The molecule has 2 rings (SSSR count). The van der Waals surface area contributed by atoms with E-state index in [4.69, 9.17) is 5.73 Å². The standard InChI is InChI=1S/C19H24N2O/c1-13-9-14(2)17(15(3)10-13)12-21-19(22)11-18(20)16-7-5-4-6-8-16/h4-10,18H,11-12,20H2,1-3H3,(H,21,22). The molecule has 0 radical (unpaired) electrons. The van der Waals surface area contributed by atoms with Crippen LogP contribution in [0.2, 0.25) is 0 Å². The van der Waals surface area contributed by atoms with Gasteiger partial charge >= 0.3 is 0 Å². The third kappa shape index (κ3) is 4.18. The number of hydrogen-bond acceptors (Lipinski definition) is 2. The van der Waals surface area contributed by atoms with Crippen molar-refractivity contribution in [1.82, 2.24) is 5.32 Å². The van der Waals surface area contributed by atoms with E-state index in [1.165, 1.54) is 22.3 Å².